The van der Waals surface area contributed by atoms with Crippen LogP contribution in [0.25, 0.3) is 11.1 Å². The fourth-order valence-electron chi connectivity index (χ4n) is 4.60. The predicted octanol–water partition coefficient (Wildman–Crippen LogP) is 4.84. The summed E-state index contributed by atoms with van der Waals surface area (Å²) in [6.07, 6.45) is 5.63. The summed E-state index contributed by atoms with van der Waals surface area (Å²) >= 11 is 0. The molecule has 3 aliphatic rings. The average Bonchev–Trinajstić information content (AvgIpc) is 3.66. The van der Waals surface area contributed by atoms with Crippen LogP contribution in [0.2, 0.25) is 0 Å². The second-order valence-electron chi connectivity index (χ2n) is 8.77. The van der Waals surface area contributed by atoms with E-state index in [1.54, 1.807) is 0 Å². The van der Waals surface area contributed by atoms with E-state index in [-0.39, 0.29) is 12.1 Å². The van der Waals surface area contributed by atoms with Crippen LogP contribution in [0, 0.1) is 6.92 Å². The molecular formula is C25H29NO4. The number of rotatable bonds is 6. The van der Waals surface area contributed by atoms with Gasteiger partial charge in [-0.15, -0.1) is 0 Å². The molecule has 0 aromatic heterocycles. The SMILES string of the molecule is COC(=O)C(OC1CC1)c1c(C)cc(N)c(C2CC2)c1-c1ccc2c(c1)CCCO2. The van der Waals surface area contributed by atoms with E-state index in [4.69, 9.17) is 19.9 Å². The van der Waals surface area contributed by atoms with Crippen LogP contribution >= 0.6 is 0 Å². The first-order valence-electron chi connectivity index (χ1n) is 11.0. The van der Waals surface area contributed by atoms with Crippen molar-refractivity contribution in [2.75, 3.05) is 19.5 Å². The molecule has 0 spiro atoms. The van der Waals surface area contributed by atoms with Crippen LogP contribution in [-0.2, 0) is 20.7 Å². The normalized spacial score (nSPS) is 19.0. The Labute approximate surface area is 177 Å². The van der Waals surface area contributed by atoms with Gasteiger partial charge in [0.1, 0.15) is 5.75 Å². The fourth-order valence-corrected chi connectivity index (χ4v) is 4.60. The van der Waals surface area contributed by atoms with E-state index >= 15 is 0 Å². The second-order valence-corrected chi connectivity index (χ2v) is 8.77. The Morgan fingerprint density at radius 2 is 2.00 bits per heavy atom. The van der Waals surface area contributed by atoms with Crippen molar-refractivity contribution in [1.29, 1.82) is 0 Å². The molecular weight excluding hydrogens is 378 g/mol. The zero-order chi connectivity index (χ0) is 20.8. The highest BCUT2D eigenvalue weighted by molar-refractivity contribution is 5.87. The number of aryl methyl sites for hydroxylation is 2. The minimum atomic E-state index is -0.733. The van der Waals surface area contributed by atoms with Gasteiger partial charge < -0.3 is 19.9 Å². The van der Waals surface area contributed by atoms with Gasteiger partial charge in [-0.1, -0.05) is 6.07 Å². The monoisotopic (exact) mass is 407 g/mol. The molecule has 30 heavy (non-hydrogen) atoms. The van der Waals surface area contributed by atoms with E-state index in [1.165, 1.54) is 12.7 Å². The van der Waals surface area contributed by atoms with Crippen molar-refractivity contribution in [3.05, 3.63) is 46.5 Å². The minimum absolute atomic E-state index is 0.125. The van der Waals surface area contributed by atoms with E-state index in [0.29, 0.717) is 5.92 Å². The number of nitrogens with two attached hydrogens (primary N) is 1. The number of methoxy groups -OCH3 is 1. The number of nitrogen functional groups attached to an aromatic ring is 1. The zero-order valence-electron chi connectivity index (χ0n) is 17.7. The van der Waals surface area contributed by atoms with Crippen LogP contribution < -0.4 is 10.5 Å². The van der Waals surface area contributed by atoms with Gasteiger partial charge >= 0.3 is 5.97 Å². The molecule has 2 fully saturated rings. The third kappa shape index (κ3) is 3.56. The number of hydrogen-bond donors (Lipinski definition) is 1. The van der Waals surface area contributed by atoms with E-state index in [1.807, 2.05) is 13.0 Å². The Balaban J connectivity index is 1.72. The number of hydrogen-bond acceptors (Lipinski definition) is 5. The quantitative estimate of drug-likeness (QED) is 0.548. The van der Waals surface area contributed by atoms with Crippen LogP contribution in [0.4, 0.5) is 5.69 Å². The first-order chi connectivity index (χ1) is 14.6. The van der Waals surface area contributed by atoms with Gasteiger partial charge in [-0.05, 0) is 97.4 Å². The Hall–Kier alpha value is -2.53. The summed E-state index contributed by atoms with van der Waals surface area (Å²) in [7, 11) is 1.43. The second kappa shape index (κ2) is 7.62. The standard InChI is InChI=1S/C25H29NO4/c1-14-12-19(26)22(15-5-6-15)23(17-7-10-20-16(13-17)4-3-11-29-20)21(14)24(25(27)28-2)30-18-8-9-18/h7,10,12-13,15,18,24H,3-6,8-9,11,26H2,1-2H3. The van der Waals surface area contributed by atoms with Crippen molar-refractivity contribution in [2.45, 2.75) is 63.6 Å². The summed E-state index contributed by atoms with van der Waals surface area (Å²) in [5, 5.41) is 0. The highest BCUT2D eigenvalue weighted by Gasteiger charge is 2.38. The highest BCUT2D eigenvalue weighted by Crippen LogP contribution is 2.51. The molecule has 1 atom stereocenters. The molecule has 2 aliphatic carbocycles. The van der Waals surface area contributed by atoms with Crippen LogP contribution in [0.15, 0.2) is 24.3 Å². The van der Waals surface area contributed by atoms with Gasteiger partial charge in [-0.2, -0.15) is 0 Å². The summed E-state index contributed by atoms with van der Waals surface area (Å²) in [4.78, 5) is 12.8. The van der Waals surface area contributed by atoms with Crippen molar-refractivity contribution < 1.29 is 19.0 Å². The minimum Gasteiger partial charge on any atom is -0.493 e. The Morgan fingerprint density at radius 3 is 2.70 bits per heavy atom. The third-order valence-corrected chi connectivity index (χ3v) is 6.36. The zero-order valence-corrected chi connectivity index (χ0v) is 17.7. The number of anilines is 1. The predicted molar refractivity (Wildman–Crippen MR) is 116 cm³/mol. The van der Waals surface area contributed by atoms with Crippen molar-refractivity contribution in [3.8, 4) is 16.9 Å². The van der Waals surface area contributed by atoms with Gasteiger partial charge in [0.05, 0.1) is 19.8 Å². The topological polar surface area (TPSA) is 70.8 Å². The van der Waals surface area contributed by atoms with Gasteiger partial charge in [-0.25, -0.2) is 4.79 Å². The molecule has 0 radical (unpaired) electrons. The van der Waals surface area contributed by atoms with E-state index in [0.717, 1.165) is 84.4 Å². The Kier molecular flexibility index (Phi) is 4.94. The molecule has 0 amide bonds. The van der Waals surface area contributed by atoms with E-state index in [2.05, 4.69) is 18.2 Å². The van der Waals surface area contributed by atoms with E-state index in [9.17, 15) is 4.79 Å². The van der Waals surface area contributed by atoms with Gasteiger partial charge in [0, 0.05) is 11.3 Å². The third-order valence-electron chi connectivity index (χ3n) is 6.36. The largest absolute Gasteiger partial charge is 0.493 e. The smallest absolute Gasteiger partial charge is 0.339 e. The molecule has 5 heteroatoms. The summed E-state index contributed by atoms with van der Waals surface area (Å²) in [6, 6.07) is 8.36. The number of fused-ring (bicyclic) bond motifs is 1. The van der Waals surface area contributed by atoms with Crippen LogP contribution in [0.3, 0.4) is 0 Å². The number of benzene rings is 2. The lowest BCUT2D eigenvalue weighted by molar-refractivity contribution is -0.155. The first-order valence-corrected chi connectivity index (χ1v) is 11.0. The van der Waals surface area contributed by atoms with Gasteiger partial charge in [0.25, 0.3) is 0 Å². The molecule has 158 valence electrons. The maximum atomic E-state index is 12.8. The molecule has 1 aliphatic heterocycles. The summed E-state index contributed by atoms with van der Waals surface area (Å²) in [5.41, 5.74) is 13.7. The molecule has 0 bridgehead atoms. The van der Waals surface area contributed by atoms with E-state index < -0.39 is 6.10 Å². The molecule has 0 saturated heterocycles. The molecule has 2 saturated carbocycles. The first kappa shape index (κ1) is 19.4. The molecule has 1 unspecified atom stereocenters. The molecule has 5 rings (SSSR count). The maximum Gasteiger partial charge on any atom is 0.339 e. The number of carbonyl (C=O) groups is 1. The molecule has 2 aromatic carbocycles. The molecule has 2 N–H and O–H groups in total. The molecule has 5 nitrogen and oxygen atoms in total. The van der Waals surface area contributed by atoms with Crippen LogP contribution in [0.1, 0.15) is 66.4 Å². The fraction of sp³-hybridized carbons (Fsp3) is 0.480. The number of carbonyl (C=O) groups excluding carboxylic acids is 1. The lowest BCUT2D eigenvalue weighted by atomic mass is 9.84. The van der Waals surface area contributed by atoms with Crippen LogP contribution in [0.5, 0.6) is 5.75 Å². The summed E-state index contributed by atoms with van der Waals surface area (Å²) in [5.74, 6) is 1.05. The van der Waals surface area contributed by atoms with Crippen molar-refractivity contribution in [2.24, 2.45) is 0 Å². The summed E-state index contributed by atoms with van der Waals surface area (Å²) in [6.45, 7) is 2.78. The van der Waals surface area contributed by atoms with Crippen LogP contribution in [-0.4, -0.2) is 25.8 Å². The molecule has 1 heterocycles. The number of esters is 1. The maximum absolute atomic E-state index is 12.8. The Bertz CT molecular complexity index is 991. The van der Waals surface area contributed by atoms with Crippen molar-refractivity contribution >= 4 is 11.7 Å². The average molecular weight is 408 g/mol. The highest BCUT2D eigenvalue weighted by atomic mass is 16.6. The van der Waals surface area contributed by atoms with Crippen molar-refractivity contribution in [3.63, 3.8) is 0 Å². The van der Waals surface area contributed by atoms with Gasteiger partial charge in [0.2, 0.25) is 0 Å². The summed E-state index contributed by atoms with van der Waals surface area (Å²) < 4.78 is 17.2. The van der Waals surface area contributed by atoms with Crippen molar-refractivity contribution in [1.82, 2.24) is 0 Å². The van der Waals surface area contributed by atoms with Gasteiger partial charge in [-0.3, -0.25) is 0 Å². The number of ether oxygens (including phenoxy) is 3. The molecule has 2 aromatic rings. The Morgan fingerprint density at radius 1 is 1.20 bits per heavy atom. The lowest BCUT2D eigenvalue weighted by Gasteiger charge is -2.26. The van der Waals surface area contributed by atoms with Gasteiger partial charge in [0.15, 0.2) is 6.10 Å². The lowest BCUT2D eigenvalue weighted by Crippen LogP contribution is -2.21.